The van der Waals surface area contributed by atoms with Crippen molar-refractivity contribution in [2.75, 3.05) is 18.4 Å². The molecule has 2 aliphatic rings. The van der Waals surface area contributed by atoms with Gasteiger partial charge in [-0.05, 0) is 23.8 Å². The van der Waals surface area contributed by atoms with Crippen LogP contribution in [-0.4, -0.2) is 55.9 Å². The SMILES string of the molecule is O=C(CN1C[C@]2(CC2(F)F)c2cc(Br)ccc2C1=O)Nc1ncc2cn[nH]c2n1. The molecule has 0 radical (unpaired) electrons. The van der Waals surface area contributed by atoms with E-state index in [1.165, 1.54) is 12.3 Å². The van der Waals surface area contributed by atoms with Gasteiger partial charge in [0.25, 0.3) is 11.8 Å². The molecule has 0 saturated heterocycles. The van der Waals surface area contributed by atoms with Crippen molar-refractivity contribution in [3.8, 4) is 0 Å². The molecule has 2 N–H and O–H groups in total. The van der Waals surface area contributed by atoms with Crippen LogP contribution < -0.4 is 5.32 Å². The molecular weight excluding hydrogens is 450 g/mol. The number of amides is 2. The Morgan fingerprint density at radius 3 is 2.90 bits per heavy atom. The second-order valence-corrected chi connectivity index (χ2v) is 8.15. The number of nitrogens with one attached hydrogen (secondary N) is 2. The van der Waals surface area contributed by atoms with Crippen molar-refractivity contribution in [1.82, 2.24) is 25.1 Å². The minimum absolute atomic E-state index is 0.0343. The lowest BCUT2D eigenvalue weighted by Crippen LogP contribution is -2.48. The summed E-state index contributed by atoms with van der Waals surface area (Å²) in [6.45, 7) is -0.604. The van der Waals surface area contributed by atoms with Crippen molar-refractivity contribution in [3.05, 3.63) is 46.2 Å². The maximum absolute atomic E-state index is 14.3. The molecule has 148 valence electrons. The highest BCUT2D eigenvalue weighted by Crippen LogP contribution is 2.64. The van der Waals surface area contributed by atoms with Gasteiger partial charge in [0.05, 0.1) is 17.0 Å². The summed E-state index contributed by atoms with van der Waals surface area (Å²) in [6.07, 6.45) is 2.67. The number of aromatic nitrogens is 4. The highest BCUT2D eigenvalue weighted by Gasteiger charge is 2.74. The first-order valence-corrected chi connectivity index (χ1v) is 9.51. The van der Waals surface area contributed by atoms with Gasteiger partial charge in [-0.15, -0.1) is 0 Å². The number of hydrogen-bond donors (Lipinski definition) is 2. The number of benzene rings is 1. The van der Waals surface area contributed by atoms with Crippen LogP contribution in [0.4, 0.5) is 14.7 Å². The quantitative estimate of drug-likeness (QED) is 0.622. The van der Waals surface area contributed by atoms with Gasteiger partial charge in [-0.1, -0.05) is 15.9 Å². The van der Waals surface area contributed by atoms with Crippen LogP contribution in [0.5, 0.6) is 0 Å². The van der Waals surface area contributed by atoms with E-state index in [-0.39, 0.29) is 31.0 Å². The van der Waals surface area contributed by atoms with E-state index in [2.05, 4.69) is 41.4 Å². The van der Waals surface area contributed by atoms with Crippen LogP contribution in [0.3, 0.4) is 0 Å². The highest BCUT2D eigenvalue weighted by molar-refractivity contribution is 9.10. The Morgan fingerprint density at radius 2 is 2.14 bits per heavy atom. The summed E-state index contributed by atoms with van der Waals surface area (Å²) < 4.78 is 29.2. The van der Waals surface area contributed by atoms with E-state index in [4.69, 9.17) is 0 Å². The molecule has 1 aromatic carbocycles. The third-order valence-electron chi connectivity index (χ3n) is 5.35. The summed E-state index contributed by atoms with van der Waals surface area (Å²) in [5.41, 5.74) is -0.488. The Morgan fingerprint density at radius 1 is 1.34 bits per heavy atom. The number of anilines is 1. The molecule has 1 aliphatic carbocycles. The number of alkyl halides is 2. The Bertz CT molecular complexity index is 1180. The van der Waals surface area contributed by atoms with Gasteiger partial charge in [0.1, 0.15) is 6.54 Å². The van der Waals surface area contributed by atoms with Crippen LogP contribution in [0.25, 0.3) is 11.0 Å². The van der Waals surface area contributed by atoms with Gasteiger partial charge in [0, 0.05) is 29.2 Å². The van der Waals surface area contributed by atoms with Crippen molar-refractivity contribution >= 4 is 44.7 Å². The molecule has 1 aliphatic heterocycles. The van der Waals surface area contributed by atoms with Crippen LogP contribution in [0.1, 0.15) is 22.3 Å². The van der Waals surface area contributed by atoms with Crippen molar-refractivity contribution < 1.29 is 18.4 Å². The Labute approximate surface area is 170 Å². The molecule has 2 aromatic heterocycles. The molecule has 1 saturated carbocycles. The predicted molar refractivity (Wildman–Crippen MR) is 102 cm³/mol. The number of aromatic amines is 1. The summed E-state index contributed by atoms with van der Waals surface area (Å²) in [5, 5.41) is 9.65. The second-order valence-electron chi connectivity index (χ2n) is 7.23. The first-order valence-electron chi connectivity index (χ1n) is 8.72. The molecule has 1 spiro atoms. The fraction of sp³-hybridized carbons (Fsp3) is 0.278. The molecule has 1 atom stereocenters. The Hall–Kier alpha value is -2.95. The molecule has 2 amide bonds. The number of carbonyl (C=O) groups is 2. The molecule has 11 heteroatoms. The molecule has 3 aromatic rings. The van der Waals surface area contributed by atoms with Gasteiger partial charge in [-0.3, -0.25) is 20.0 Å². The summed E-state index contributed by atoms with van der Waals surface area (Å²) in [4.78, 5) is 34.5. The van der Waals surface area contributed by atoms with Crippen LogP contribution in [0.2, 0.25) is 0 Å². The molecule has 1 fully saturated rings. The molecule has 3 heterocycles. The standard InChI is InChI=1S/C18H13BrF2N6O2/c19-10-1-2-11-12(3-10)17(7-18(17,20)21)8-27(15(11)29)6-13(28)24-16-22-4-9-5-23-26-14(9)25-16/h1-5H,6-8H2,(H2,22,23,24,25,26,28)/t17-/m1/s1. The zero-order chi connectivity index (χ0) is 20.4. The number of H-pyrrole nitrogens is 1. The van der Waals surface area contributed by atoms with Crippen molar-refractivity contribution in [1.29, 1.82) is 0 Å². The summed E-state index contributed by atoms with van der Waals surface area (Å²) in [5.74, 6) is -3.92. The maximum atomic E-state index is 14.3. The molecule has 0 bridgehead atoms. The third-order valence-corrected chi connectivity index (χ3v) is 5.84. The fourth-order valence-corrected chi connectivity index (χ4v) is 4.18. The average Bonchev–Trinajstić information content (AvgIpc) is 3.00. The fourth-order valence-electron chi connectivity index (χ4n) is 3.81. The van der Waals surface area contributed by atoms with Gasteiger partial charge in [-0.2, -0.15) is 10.1 Å². The first-order chi connectivity index (χ1) is 13.8. The lowest BCUT2D eigenvalue weighted by Gasteiger charge is -2.34. The van der Waals surface area contributed by atoms with E-state index < -0.39 is 23.2 Å². The monoisotopic (exact) mass is 462 g/mol. The lowest BCUT2D eigenvalue weighted by atomic mass is 9.86. The normalized spacial score (nSPS) is 22.0. The van der Waals surface area contributed by atoms with Crippen LogP contribution in [0.15, 0.2) is 35.1 Å². The largest absolute Gasteiger partial charge is 0.328 e. The van der Waals surface area contributed by atoms with Crippen LogP contribution in [-0.2, 0) is 10.2 Å². The Kier molecular flexibility index (Phi) is 3.76. The summed E-state index contributed by atoms with van der Waals surface area (Å²) in [7, 11) is 0. The minimum Gasteiger partial charge on any atom is -0.328 e. The number of carbonyl (C=O) groups excluding carboxylic acids is 2. The van der Waals surface area contributed by atoms with E-state index in [0.29, 0.717) is 21.1 Å². The summed E-state index contributed by atoms with van der Waals surface area (Å²) in [6, 6.07) is 4.71. The minimum atomic E-state index is -2.92. The van der Waals surface area contributed by atoms with Gasteiger partial charge in [0.2, 0.25) is 11.9 Å². The molecular formula is C18H13BrF2N6O2. The number of fused-ring (bicyclic) bond motifs is 3. The van der Waals surface area contributed by atoms with Crippen LogP contribution in [0, 0.1) is 0 Å². The van der Waals surface area contributed by atoms with Crippen molar-refractivity contribution in [2.24, 2.45) is 0 Å². The first kappa shape index (κ1) is 18.1. The number of nitrogens with zero attached hydrogens (tertiary/aromatic N) is 4. The van der Waals surface area contributed by atoms with Gasteiger partial charge in [-0.25, -0.2) is 13.8 Å². The smallest absolute Gasteiger partial charge is 0.260 e. The van der Waals surface area contributed by atoms with Gasteiger partial charge < -0.3 is 4.90 Å². The third kappa shape index (κ3) is 2.79. The van der Waals surface area contributed by atoms with Crippen molar-refractivity contribution in [3.63, 3.8) is 0 Å². The van der Waals surface area contributed by atoms with Gasteiger partial charge >= 0.3 is 0 Å². The van der Waals surface area contributed by atoms with Crippen LogP contribution >= 0.6 is 15.9 Å². The average molecular weight is 463 g/mol. The van der Waals surface area contributed by atoms with Crippen molar-refractivity contribution in [2.45, 2.75) is 17.8 Å². The zero-order valence-corrected chi connectivity index (χ0v) is 16.3. The van der Waals surface area contributed by atoms with E-state index in [1.807, 2.05) is 0 Å². The molecule has 0 unspecified atom stereocenters. The summed E-state index contributed by atoms with van der Waals surface area (Å²) >= 11 is 3.28. The van der Waals surface area contributed by atoms with E-state index >= 15 is 0 Å². The highest BCUT2D eigenvalue weighted by atomic mass is 79.9. The maximum Gasteiger partial charge on any atom is 0.260 e. The number of hydrogen-bond acceptors (Lipinski definition) is 5. The van der Waals surface area contributed by atoms with E-state index in [9.17, 15) is 18.4 Å². The number of halogens is 3. The zero-order valence-electron chi connectivity index (χ0n) is 14.7. The van der Waals surface area contributed by atoms with Gasteiger partial charge in [0.15, 0.2) is 5.65 Å². The Balaban J connectivity index is 1.39. The lowest BCUT2D eigenvalue weighted by molar-refractivity contribution is -0.117. The second kappa shape index (κ2) is 6.02. The number of rotatable bonds is 3. The molecule has 29 heavy (non-hydrogen) atoms. The topological polar surface area (TPSA) is 104 Å². The predicted octanol–water partition coefficient (Wildman–Crippen LogP) is 2.49. The van der Waals surface area contributed by atoms with E-state index in [0.717, 1.165) is 4.90 Å². The molecule has 8 nitrogen and oxygen atoms in total. The molecule has 5 rings (SSSR count). The van der Waals surface area contributed by atoms with E-state index in [1.54, 1.807) is 18.3 Å².